The molecule has 2 unspecified atom stereocenters. The predicted molar refractivity (Wildman–Crippen MR) is 95.9 cm³/mol. The van der Waals surface area contributed by atoms with Crippen LogP contribution in [0.3, 0.4) is 0 Å². The number of hydrogen-bond acceptors (Lipinski definition) is 4. The fourth-order valence-electron chi connectivity index (χ4n) is 2.70. The van der Waals surface area contributed by atoms with Crippen molar-refractivity contribution in [3.05, 3.63) is 65.7 Å². The number of aryl methyl sites for hydroxylation is 1. The zero-order chi connectivity index (χ0) is 17.6. The largest absolute Gasteiger partial charge is 0.491 e. The SMILES string of the molecule is CCC(c1ccccc1)S(=O)(=O)CC(O)COc1ccccc1C. The molecule has 4 nitrogen and oxygen atoms in total. The average Bonchev–Trinajstić information content (AvgIpc) is 2.55. The molecule has 0 saturated carbocycles. The number of rotatable bonds is 8. The lowest BCUT2D eigenvalue weighted by Gasteiger charge is -2.19. The Morgan fingerprint density at radius 3 is 2.29 bits per heavy atom. The summed E-state index contributed by atoms with van der Waals surface area (Å²) in [6, 6.07) is 16.6. The number of aliphatic hydroxyl groups excluding tert-OH is 1. The first kappa shape index (κ1) is 18.5. The maximum Gasteiger partial charge on any atom is 0.159 e. The normalized spacial score (nSPS) is 14.1. The van der Waals surface area contributed by atoms with Gasteiger partial charge in [-0.3, -0.25) is 0 Å². The van der Waals surface area contributed by atoms with Crippen LogP contribution in [0.1, 0.15) is 29.7 Å². The molecule has 0 aliphatic carbocycles. The second kappa shape index (κ2) is 8.31. The van der Waals surface area contributed by atoms with Gasteiger partial charge in [-0.1, -0.05) is 55.5 Å². The van der Waals surface area contributed by atoms with Crippen LogP contribution in [0.15, 0.2) is 54.6 Å². The maximum atomic E-state index is 12.6. The Morgan fingerprint density at radius 2 is 1.67 bits per heavy atom. The Balaban J connectivity index is 2.01. The van der Waals surface area contributed by atoms with Crippen molar-refractivity contribution in [3.63, 3.8) is 0 Å². The van der Waals surface area contributed by atoms with Gasteiger partial charge in [0.25, 0.3) is 0 Å². The van der Waals surface area contributed by atoms with Gasteiger partial charge in [0.1, 0.15) is 18.5 Å². The summed E-state index contributed by atoms with van der Waals surface area (Å²) < 4.78 is 30.8. The van der Waals surface area contributed by atoms with Crippen molar-refractivity contribution in [2.75, 3.05) is 12.4 Å². The zero-order valence-corrected chi connectivity index (χ0v) is 14.9. The number of aliphatic hydroxyl groups is 1. The van der Waals surface area contributed by atoms with Crippen LogP contribution in [-0.4, -0.2) is 32.0 Å². The lowest BCUT2D eigenvalue weighted by atomic mass is 10.1. The van der Waals surface area contributed by atoms with E-state index in [1.807, 2.05) is 62.4 Å². The van der Waals surface area contributed by atoms with Crippen LogP contribution in [0.4, 0.5) is 0 Å². The average molecular weight is 348 g/mol. The van der Waals surface area contributed by atoms with Crippen LogP contribution in [-0.2, 0) is 9.84 Å². The van der Waals surface area contributed by atoms with Gasteiger partial charge < -0.3 is 9.84 Å². The van der Waals surface area contributed by atoms with Gasteiger partial charge in [-0.05, 0) is 30.5 Å². The number of sulfone groups is 1. The molecular formula is C19H24O4S. The third-order valence-electron chi connectivity index (χ3n) is 3.93. The Morgan fingerprint density at radius 1 is 1.04 bits per heavy atom. The third-order valence-corrected chi connectivity index (χ3v) is 6.25. The van der Waals surface area contributed by atoms with Crippen molar-refractivity contribution in [1.29, 1.82) is 0 Å². The topological polar surface area (TPSA) is 63.6 Å². The van der Waals surface area contributed by atoms with Crippen molar-refractivity contribution in [2.24, 2.45) is 0 Å². The molecule has 0 aliphatic rings. The van der Waals surface area contributed by atoms with Gasteiger partial charge in [0.15, 0.2) is 9.84 Å². The van der Waals surface area contributed by atoms with E-state index in [9.17, 15) is 13.5 Å². The number of benzene rings is 2. The highest BCUT2D eigenvalue weighted by molar-refractivity contribution is 7.91. The molecule has 0 bridgehead atoms. The second-order valence-electron chi connectivity index (χ2n) is 5.87. The molecule has 0 spiro atoms. The van der Waals surface area contributed by atoms with Crippen molar-refractivity contribution in [1.82, 2.24) is 0 Å². The molecule has 2 atom stereocenters. The summed E-state index contributed by atoms with van der Waals surface area (Å²) in [4.78, 5) is 0. The molecule has 0 heterocycles. The molecule has 24 heavy (non-hydrogen) atoms. The highest BCUT2D eigenvalue weighted by atomic mass is 32.2. The van der Waals surface area contributed by atoms with Gasteiger partial charge in [0, 0.05) is 0 Å². The van der Waals surface area contributed by atoms with E-state index in [0.717, 1.165) is 11.1 Å². The maximum absolute atomic E-state index is 12.6. The first-order chi connectivity index (χ1) is 11.4. The standard InChI is InChI=1S/C19H24O4S/c1-3-19(16-10-5-4-6-11-16)24(21,22)14-17(20)13-23-18-12-8-7-9-15(18)2/h4-12,17,19-20H,3,13-14H2,1-2H3. The van der Waals surface area contributed by atoms with Gasteiger partial charge in [-0.2, -0.15) is 0 Å². The summed E-state index contributed by atoms with van der Waals surface area (Å²) in [5.74, 6) is 0.343. The van der Waals surface area contributed by atoms with Gasteiger partial charge in [-0.15, -0.1) is 0 Å². The molecule has 0 aromatic heterocycles. The van der Waals surface area contributed by atoms with Crippen LogP contribution in [0.2, 0.25) is 0 Å². The molecule has 2 aromatic carbocycles. The molecule has 0 radical (unpaired) electrons. The summed E-state index contributed by atoms with van der Waals surface area (Å²) in [5, 5.41) is 9.52. The fourth-order valence-corrected chi connectivity index (χ4v) is 4.65. The molecule has 0 amide bonds. The molecule has 0 fully saturated rings. The van der Waals surface area contributed by atoms with Gasteiger partial charge in [0.05, 0.1) is 11.0 Å². The molecular weight excluding hydrogens is 324 g/mol. The van der Waals surface area contributed by atoms with Crippen molar-refractivity contribution >= 4 is 9.84 Å². The Kier molecular flexibility index (Phi) is 6.40. The van der Waals surface area contributed by atoms with Crippen LogP contribution in [0.5, 0.6) is 5.75 Å². The summed E-state index contributed by atoms with van der Waals surface area (Å²) in [6.45, 7) is 3.70. The van der Waals surface area contributed by atoms with Crippen LogP contribution >= 0.6 is 0 Å². The highest BCUT2D eigenvalue weighted by Gasteiger charge is 2.28. The molecule has 1 N–H and O–H groups in total. The van der Waals surface area contributed by atoms with Crippen LogP contribution in [0, 0.1) is 6.92 Å². The van der Waals surface area contributed by atoms with Gasteiger partial charge in [0.2, 0.25) is 0 Å². The van der Waals surface area contributed by atoms with E-state index in [4.69, 9.17) is 4.74 Å². The Bertz CT molecular complexity index is 741. The molecule has 2 aromatic rings. The van der Waals surface area contributed by atoms with E-state index in [1.54, 1.807) is 6.07 Å². The predicted octanol–water partition coefficient (Wildman–Crippen LogP) is 3.30. The number of ether oxygens (including phenoxy) is 1. The minimum absolute atomic E-state index is 0.0463. The quantitative estimate of drug-likeness (QED) is 0.795. The molecule has 2 rings (SSSR count). The lowest BCUT2D eigenvalue weighted by Crippen LogP contribution is -2.30. The first-order valence-corrected chi connectivity index (χ1v) is 9.78. The van der Waals surface area contributed by atoms with Gasteiger partial charge in [-0.25, -0.2) is 8.42 Å². The highest BCUT2D eigenvalue weighted by Crippen LogP contribution is 2.27. The van der Waals surface area contributed by atoms with Crippen molar-refractivity contribution in [3.8, 4) is 5.75 Å². The third kappa shape index (κ3) is 4.82. The van der Waals surface area contributed by atoms with E-state index in [-0.39, 0.29) is 12.4 Å². The minimum Gasteiger partial charge on any atom is -0.491 e. The smallest absolute Gasteiger partial charge is 0.159 e. The number of para-hydroxylation sites is 1. The number of hydrogen-bond donors (Lipinski definition) is 1. The molecule has 5 heteroatoms. The summed E-state index contributed by atoms with van der Waals surface area (Å²) in [6.07, 6.45) is -0.593. The molecule has 0 aliphatic heterocycles. The van der Waals surface area contributed by atoms with Crippen LogP contribution < -0.4 is 4.74 Å². The van der Waals surface area contributed by atoms with E-state index < -0.39 is 21.2 Å². The van der Waals surface area contributed by atoms with E-state index in [2.05, 4.69) is 0 Å². The summed E-state index contributed by atoms with van der Waals surface area (Å²) in [7, 11) is -3.47. The van der Waals surface area contributed by atoms with Crippen LogP contribution in [0.25, 0.3) is 0 Å². The Labute approximate surface area is 144 Å². The minimum atomic E-state index is -3.47. The summed E-state index contributed by atoms with van der Waals surface area (Å²) in [5.41, 5.74) is 1.70. The summed E-state index contributed by atoms with van der Waals surface area (Å²) >= 11 is 0. The zero-order valence-electron chi connectivity index (χ0n) is 14.1. The second-order valence-corrected chi connectivity index (χ2v) is 8.10. The molecule has 0 saturated heterocycles. The monoisotopic (exact) mass is 348 g/mol. The van der Waals surface area contributed by atoms with Crippen molar-refractivity contribution in [2.45, 2.75) is 31.6 Å². The van der Waals surface area contributed by atoms with Gasteiger partial charge >= 0.3 is 0 Å². The lowest BCUT2D eigenvalue weighted by molar-refractivity contribution is 0.124. The fraction of sp³-hybridized carbons (Fsp3) is 0.368. The van der Waals surface area contributed by atoms with Crippen molar-refractivity contribution < 1.29 is 18.3 Å². The van der Waals surface area contributed by atoms with E-state index in [0.29, 0.717) is 12.2 Å². The molecule has 130 valence electrons. The Hall–Kier alpha value is -1.85. The van der Waals surface area contributed by atoms with E-state index >= 15 is 0 Å². The van der Waals surface area contributed by atoms with E-state index in [1.165, 1.54) is 0 Å². The first-order valence-electron chi connectivity index (χ1n) is 8.07.